The van der Waals surface area contributed by atoms with Gasteiger partial charge in [0.05, 0.1) is 24.7 Å². The number of anilines is 1. The molecule has 0 spiro atoms. The van der Waals surface area contributed by atoms with Gasteiger partial charge in [0, 0.05) is 6.42 Å². The van der Waals surface area contributed by atoms with Gasteiger partial charge in [-0.3, -0.25) is 0 Å². The number of nitrogens with zero attached hydrogens (tertiary/aromatic N) is 2. The minimum atomic E-state index is -0.370. The number of hydrogen-bond acceptors (Lipinski definition) is 4. The minimum absolute atomic E-state index is 0.239. The first kappa shape index (κ1) is 11.3. The molecule has 0 fully saturated rings. The van der Waals surface area contributed by atoms with Gasteiger partial charge in [0.15, 0.2) is 11.6 Å². The normalized spacial score (nSPS) is 10.2. The average Bonchev–Trinajstić information content (AvgIpc) is 2.34. The van der Waals surface area contributed by atoms with Gasteiger partial charge in [-0.15, -0.1) is 0 Å². The second-order valence-corrected chi connectivity index (χ2v) is 3.46. The molecule has 0 aliphatic rings. The van der Waals surface area contributed by atoms with Gasteiger partial charge >= 0.3 is 0 Å². The first-order chi connectivity index (χ1) is 8.25. The van der Waals surface area contributed by atoms with E-state index in [1.807, 2.05) is 0 Å². The van der Waals surface area contributed by atoms with Crippen LogP contribution >= 0.6 is 0 Å². The highest BCUT2D eigenvalue weighted by atomic mass is 19.1. The van der Waals surface area contributed by atoms with E-state index in [9.17, 15) is 4.39 Å². The Balaban J connectivity index is 1.88. The molecule has 17 heavy (non-hydrogen) atoms. The molecular formula is C12H12FN3O. The van der Waals surface area contributed by atoms with E-state index >= 15 is 0 Å². The SMILES string of the molecule is Nc1cnc(CCOc2ccccc2F)nc1. The molecule has 2 rings (SSSR count). The van der Waals surface area contributed by atoms with Crippen molar-refractivity contribution in [2.24, 2.45) is 0 Å². The third kappa shape index (κ3) is 3.14. The number of halogens is 1. The van der Waals surface area contributed by atoms with Crippen molar-refractivity contribution in [3.8, 4) is 5.75 Å². The number of benzene rings is 1. The Morgan fingerprint density at radius 2 is 1.88 bits per heavy atom. The highest BCUT2D eigenvalue weighted by Gasteiger charge is 2.02. The van der Waals surface area contributed by atoms with Crippen molar-refractivity contribution < 1.29 is 9.13 Å². The predicted octanol–water partition coefficient (Wildman–Crippen LogP) is 1.82. The van der Waals surface area contributed by atoms with Crippen LogP contribution in [0.1, 0.15) is 5.82 Å². The quantitative estimate of drug-likeness (QED) is 0.875. The van der Waals surface area contributed by atoms with Gasteiger partial charge in [0.25, 0.3) is 0 Å². The second-order valence-electron chi connectivity index (χ2n) is 3.46. The zero-order valence-electron chi connectivity index (χ0n) is 9.14. The zero-order valence-corrected chi connectivity index (χ0v) is 9.14. The lowest BCUT2D eigenvalue weighted by atomic mass is 10.3. The van der Waals surface area contributed by atoms with E-state index in [4.69, 9.17) is 10.5 Å². The van der Waals surface area contributed by atoms with E-state index in [1.165, 1.54) is 18.5 Å². The third-order valence-corrected chi connectivity index (χ3v) is 2.15. The van der Waals surface area contributed by atoms with Crippen LogP contribution in [0.2, 0.25) is 0 Å². The van der Waals surface area contributed by atoms with E-state index in [0.29, 0.717) is 24.5 Å². The first-order valence-electron chi connectivity index (χ1n) is 5.19. The van der Waals surface area contributed by atoms with Gasteiger partial charge in [-0.2, -0.15) is 0 Å². The Morgan fingerprint density at radius 3 is 2.59 bits per heavy atom. The van der Waals surface area contributed by atoms with Crippen molar-refractivity contribution in [1.29, 1.82) is 0 Å². The monoisotopic (exact) mass is 233 g/mol. The molecule has 0 unspecified atom stereocenters. The lowest BCUT2D eigenvalue weighted by Crippen LogP contribution is -2.06. The molecule has 5 heteroatoms. The molecule has 4 nitrogen and oxygen atoms in total. The van der Waals surface area contributed by atoms with Crippen LogP contribution in [0.4, 0.5) is 10.1 Å². The van der Waals surface area contributed by atoms with Crippen LogP contribution in [0.5, 0.6) is 5.75 Å². The van der Waals surface area contributed by atoms with Crippen molar-refractivity contribution in [3.63, 3.8) is 0 Å². The summed E-state index contributed by atoms with van der Waals surface area (Å²) in [6, 6.07) is 6.28. The molecule has 0 radical (unpaired) electrons. The van der Waals surface area contributed by atoms with E-state index in [1.54, 1.807) is 18.2 Å². The van der Waals surface area contributed by atoms with Crippen molar-refractivity contribution in [2.45, 2.75) is 6.42 Å². The molecule has 1 aromatic heterocycles. The van der Waals surface area contributed by atoms with Crippen molar-refractivity contribution in [1.82, 2.24) is 9.97 Å². The van der Waals surface area contributed by atoms with Crippen molar-refractivity contribution in [2.75, 3.05) is 12.3 Å². The summed E-state index contributed by atoms with van der Waals surface area (Å²) in [7, 11) is 0. The molecule has 0 bridgehead atoms. The topological polar surface area (TPSA) is 61.0 Å². The molecule has 1 aromatic carbocycles. The summed E-state index contributed by atoms with van der Waals surface area (Å²) in [5.74, 6) is 0.490. The van der Waals surface area contributed by atoms with Crippen LogP contribution in [-0.2, 0) is 6.42 Å². The summed E-state index contributed by atoms with van der Waals surface area (Å²) in [6.07, 6.45) is 3.57. The first-order valence-corrected chi connectivity index (χ1v) is 5.19. The molecule has 88 valence electrons. The summed E-state index contributed by atoms with van der Waals surface area (Å²) >= 11 is 0. The van der Waals surface area contributed by atoms with Gasteiger partial charge in [0.1, 0.15) is 5.82 Å². The Bertz CT molecular complexity index is 487. The van der Waals surface area contributed by atoms with Crippen LogP contribution in [-0.4, -0.2) is 16.6 Å². The fourth-order valence-electron chi connectivity index (χ4n) is 1.31. The fraction of sp³-hybridized carbons (Fsp3) is 0.167. The number of nitrogen functional groups attached to an aromatic ring is 1. The van der Waals surface area contributed by atoms with Gasteiger partial charge in [0.2, 0.25) is 0 Å². The summed E-state index contributed by atoms with van der Waals surface area (Å²) in [5.41, 5.74) is 5.98. The van der Waals surface area contributed by atoms with Gasteiger partial charge < -0.3 is 10.5 Å². The molecule has 1 heterocycles. The van der Waals surface area contributed by atoms with Crippen molar-refractivity contribution >= 4 is 5.69 Å². The molecule has 0 aliphatic heterocycles. The Morgan fingerprint density at radius 1 is 1.18 bits per heavy atom. The maximum absolute atomic E-state index is 13.2. The summed E-state index contributed by atoms with van der Waals surface area (Å²) in [6.45, 7) is 0.324. The molecule has 2 aromatic rings. The smallest absolute Gasteiger partial charge is 0.165 e. The molecule has 2 N–H and O–H groups in total. The maximum atomic E-state index is 13.2. The second kappa shape index (κ2) is 5.25. The standard InChI is InChI=1S/C12H12FN3O/c13-10-3-1-2-4-11(10)17-6-5-12-15-7-9(14)8-16-12/h1-4,7-8H,5-6,14H2. The number of para-hydroxylation sites is 1. The Labute approximate surface area is 98.3 Å². The van der Waals surface area contributed by atoms with Gasteiger partial charge in [-0.05, 0) is 12.1 Å². The molecule has 0 saturated heterocycles. The lowest BCUT2D eigenvalue weighted by Gasteiger charge is -2.06. The summed E-state index contributed by atoms with van der Waals surface area (Å²) in [4.78, 5) is 8.04. The molecule has 0 amide bonds. The number of aromatic nitrogens is 2. The van der Waals surface area contributed by atoms with Crippen LogP contribution in [0, 0.1) is 5.82 Å². The van der Waals surface area contributed by atoms with Gasteiger partial charge in [-0.1, -0.05) is 12.1 Å². The van der Waals surface area contributed by atoms with Crippen LogP contribution in [0.3, 0.4) is 0 Å². The maximum Gasteiger partial charge on any atom is 0.165 e. The zero-order chi connectivity index (χ0) is 12.1. The fourth-order valence-corrected chi connectivity index (χ4v) is 1.31. The van der Waals surface area contributed by atoms with Crippen molar-refractivity contribution in [3.05, 3.63) is 48.3 Å². The molecule has 0 aliphatic carbocycles. The van der Waals surface area contributed by atoms with E-state index in [-0.39, 0.29) is 11.6 Å². The largest absolute Gasteiger partial charge is 0.490 e. The van der Waals surface area contributed by atoms with Gasteiger partial charge in [-0.25, -0.2) is 14.4 Å². The predicted molar refractivity (Wildman–Crippen MR) is 62.0 cm³/mol. The number of ether oxygens (including phenoxy) is 1. The number of hydrogen-bond donors (Lipinski definition) is 1. The van der Waals surface area contributed by atoms with Crippen LogP contribution < -0.4 is 10.5 Å². The minimum Gasteiger partial charge on any atom is -0.490 e. The molecule has 0 saturated carbocycles. The van der Waals surface area contributed by atoms with E-state index in [0.717, 1.165) is 0 Å². The van der Waals surface area contributed by atoms with Crippen LogP contribution in [0.25, 0.3) is 0 Å². The molecule has 0 atom stereocenters. The number of nitrogens with two attached hydrogens (primary N) is 1. The molecular weight excluding hydrogens is 221 g/mol. The Kier molecular flexibility index (Phi) is 3.49. The third-order valence-electron chi connectivity index (χ3n) is 2.15. The summed E-state index contributed by atoms with van der Waals surface area (Å²) in [5, 5.41) is 0. The number of rotatable bonds is 4. The lowest BCUT2D eigenvalue weighted by molar-refractivity contribution is 0.302. The van der Waals surface area contributed by atoms with E-state index < -0.39 is 0 Å². The average molecular weight is 233 g/mol. The Hall–Kier alpha value is -2.17. The highest BCUT2D eigenvalue weighted by Crippen LogP contribution is 2.15. The summed E-state index contributed by atoms with van der Waals surface area (Å²) < 4.78 is 18.5. The highest BCUT2D eigenvalue weighted by molar-refractivity contribution is 5.30. The van der Waals surface area contributed by atoms with Crippen LogP contribution in [0.15, 0.2) is 36.7 Å². The van der Waals surface area contributed by atoms with E-state index in [2.05, 4.69) is 9.97 Å².